The van der Waals surface area contributed by atoms with E-state index in [0.717, 1.165) is 5.56 Å². The van der Waals surface area contributed by atoms with Crippen LogP contribution in [0.15, 0.2) is 17.2 Å². The maximum Gasteiger partial charge on any atom is 0.347 e. The van der Waals surface area contributed by atoms with Crippen LogP contribution >= 0.6 is 0 Å². The summed E-state index contributed by atoms with van der Waals surface area (Å²) in [4.78, 5) is 15.0. The number of aryl methyl sites for hydroxylation is 1. The van der Waals surface area contributed by atoms with Crippen LogP contribution in [-0.4, -0.2) is 30.1 Å². The molecule has 0 bridgehead atoms. The molecule has 5 nitrogen and oxygen atoms in total. The van der Waals surface area contributed by atoms with E-state index >= 15 is 0 Å². The Labute approximate surface area is 82.3 Å². The van der Waals surface area contributed by atoms with Gasteiger partial charge in [-0.05, 0) is 12.5 Å². The molecule has 1 aromatic rings. The second kappa shape index (κ2) is 4.88. The highest BCUT2D eigenvalue weighted by Gasteiger charge is 2.07. The Hall–Kier alpha value is -1.20. The fraction of sp³-hybridized carbons (Fsp3) is 0.556. The molecule has 5 heteroatoms. The predicted octanol–water partition coefficient (Wildman–Crippen LogP) is 0.171. The van der Waals surface area contributed by atoms with Crippen molar-refractivity contribution in [2.45, 2.75) is 19.8 Å². The first kappa shape index (κ1) is 10.9. The monoisotopic (exact) mass is 198 g/mol. The van der Waals surface area contributed by atoms with Crippen LogP contribution < -0.4 is 5.69 Å². The van der Waals surface area contributed by atoms with Gasteiger partial charge >= 0.3 is 5.69 Å². The molecule has 0 fully saturated rings. The lowest BCUT2D eigenvalue weighted by Crippen LogP contribution is -2.30. The summed E-state index contributed by atoms with van der Waals surface area (Å²) in [6, 6.07) is 0. The predicted molar refractivity (Wildman–Crippen MR) is 51.0 cm³/mol. The fourth-order valence-corrected chi connectivity index (χ4v) is 1.10. The minimum Gasteiger partial charge on any atom is -0.354 e. The molecule has 0 aromatic carbocycles. The molecule has 14 heavy (non-hydrogen) atoms. The molecule has 0 aliphatic heterocycles. The minimum absolute atomic E-state index is 0.297. The van der Waals surface area contributed by atoms with Gasteiger partial charge in [-0.1, -0.05) is 0 Å². The van der Waals surface area contributed by atoms with Gasteiger partial charge < -0.3 is 9.47 Å². The molecule has 0 spiro atoms. The maximum absolute atomic E-state index is 11.3. The molecule has 0 aliphatic carbocycles. The zero-order valence-electron chi connectivity index (χ0n) is 8.56. The Morgan fingerprint density at radius 3 is 2.71 bits per heavy atom. The van der Waals surface area contributed by atoms with Gasteiger partial charge in [0.1, 0.15) is 0 Å². The molecule has 0 N–H and O–H groups in total. The molecular formula is C9H14N2O3. The van der Waals surface area contributed by atoms with E-state index in [1.54, 1.807) is 6.20 Å². The van der Waals surface area contributed by atoms with E-state index in [-0.39, 0.29) is 5.69 Å². The van der Waals surface area contributed by atoms with Gasteiger partial charge in [-0.2, -0.15) is 0 Å². The third kappa shape index (κ3) is 2.65. The lowest BCUT2D eigenvalue weighted by Gasteiger charge is -2.14. The van der Waals surface area contributed by atoms with Crippen LogP contribution in [0.1, 0.15) is 5.56 Å². The SMILES string of the molecule is COC(Cn1cc(C)cnc1=O)OC. The summed E-state index contributed by atoms with van der Waals surface area (Å²) in [6.45, 7) is 2.22. The number of hydrogen-bond acceptors (Lipinski definition) is 4. The molecule has 0 unspecified atom stereocenters. The summed E-state index contributed by atoms with van der Waals surface area (Å²) in [5.41, 5.74) is 0.630. The van der Waals surface area contributed by atoms with E-state index in [2.05, 4.69) is 4.98 Å². The summed E-state index contributed by atoms with van der Waals surface area (Å²) in [5, 5.41) is 0. The van der Waals surface area contributed by atoms with Crippen LogP contribution in [0.2, 0.25) is 0 Å². The van der Waals surface area contributed by atoms with Gasteiger partial charge in [-0.15, -0.1) is 0 Å². The molecule has 0 amide bonds. The highest BCUT2D eigenvalue weighted by molar-refractivity contribution is 4.99. The van der Waals surface area contributed by atoms with Crippen molar-refractivity contribution in [2.75, 3.05) is 14.2 Å². The van der Waals surface area contributed by atoms with E-state index in [4.69, 9.17) is 9.47 Å². The van der Waals surface area contributed by atoms with E-state index in [9.17, 15) is 4.79 Å². The average Bonchev–Trinajstić information content (AvgIpc) is 2.19. The van der Waals surface area contributed by atoms with Crippen LogP contribution in [0.4, 0.5) is 0 Å². The molecule has 1 aromatic heterocycles. The van der Waals surface area contributed by atoms with Crippen molar-refractivity contribution in [1.82, 2.24) is 9.55 Å². The second-order valence-corrected chi connectivity index (χ2v) is 2.97. The number of rotatable bonds is 4. The largest absolute Gasteiger partial charge is 0.354 e. The Bertz CT molecular complexity index is 344. The molecule has 0 saturated carbocycles. The standard InChI is InChI=1S/C9H14N2O3/c1-7-4-10-9(12)11(5-7)6-8(13-2)14-3/h4-5,8H,6H2,1-3H3. The lowest BCUT2D eigenvalue weighted by atomic mass is 10.4. The van der Waals surface area contributed by atoms with Gasteiger partial charge in [-0.3, -0.25) is 4.57 Å². The molecule has 0 aliphatic rings. The second-order valence-electron chi connectivity index (χ2n) is 2.97. The smallest absolute Gasteiger partial charge is 0.347 e. The average molecular weight is 198 g/mol. The van der Waals surface area contributed by atoms with Crippen LogP contribution in [-0.2, 0) is 16.0 Å². The third-order valence-electron chi connectivity index (χ3n) is 1.86. The van der Waals surface area contributed by atoms with Gasteiger partial charge in [0.2, 0.25) is 0 Å². The molecule has 1 rings (SSSR count). The van der Waals surface area contributed by atoms with Crippen molar-refractivity contribution in [2.24, 2.45) is 0 Å². The van der Waals surface area contributed by atoms with Gasteiger partial charge in [0.15, 0.2) is 6.29 Å². The summed E-state index contributed by atoms with van der Waals surface area (Å²) < 4.78 is 11.4. The first-order valence-electron chi connectivity index (χ1n) is 4.26. The highest BCUT2D eigenvalue weighted by atomic mass is 16.7. The molecule has 78 valence electrons. The number of ether oxygens (including phenoxy) is 2. The fourth-order valence-electron chi connectivity index (χ4n) is 1.10. The minimum atomic E-state index is -0.420. The van der Waals surface area contributed by atoms with Crippen molar-refractivity contribution < 1.29 is 9.47 Å². The van der Waals surface area contributed by atoms with Crippen molar-refractivity contribution >= 4 is 0 Å². The zero-order chi connectivity index (χ0) is 10.6. The molecule has 0 saturated heterocycles. The summed E-state index contributed by atoms with van der Waals surface area (Å²) in [6.07, 6.45) is 2.84. The van der Waals surface area contributed by atoms with E-state index in [0.29, 0.717) is 6.54 Å². The summed E-state index contributed by atoms with van der Waals surface area (Å²) in [7, 11) is 3.06. The number of aromatic nitrogens is 2. The Morgan fingerprint density at radius 1 is 1.50 bits per heavy atom. The molecule has 0 radical (unpaired) electrons. The van der Waals surface area contributed by atoms with Gasteiger partial charge in [0.05, 0.1) is 6.54 Å². The van der Waals surface area contributed by atoms with Crippen LogP contribution in [0.5, 0.6) is 0 Å². The Morgan fingerprint density at radius 2 is 2.14 bits per heavy atom. The summed E-state index contributed by atoms with van der Waals surface area (Å²) >= 11 is 0. The highest BCUT2D eigenvalue weighted by Crippen LogP contribution is 1.96. The molecule has 0 atom stereocenters. The first-order valence-corrected chi connectivity index (χ1v) is 4.26. The van der Waals surface area contributed by atoms with Gasteiger partial charge in [-0.25, -0.2) is 9.78 Å². The normalized spacial score (nSPS) is 10.9. The molecular weight excluding hydrogens is 184 g/mol. The number of hydrogen-bond donors (Lipinski definition) is 0. The zero-order valence-corrected chi connectivity index (χ0v) is 8.56. The van der Waals surface area contributed by atoms with E-state index in [1.165, 1.54) is 25.0 Å². The number of methoxy groups -OCH3 is 2. The van der Waals surface area contributed by atoms with Gasteiger partial charge in [0.25, 0.3) is 0 Å². The third-order valence-corrected chi connectivity index (χ3v) is 1.86. The van der Waals surface area contributed by atoms with E-state index < -0.39 is 6.29 Å². The molecule has 1 heterocycles. The van der Waals surface area contributed by atoms with Crippen molar-refractivity contribution in [3.05, 3.63) is 28.4 Å². The van der Waals surface area contributed by atoms with Crippen molar-refractivity contribution in [3.8, 4) is 0 Å². The van der Waals surface area contributed by atoms with Crippen molar-refractivity contribution in [3.63, 3.8) is 0 Å². The van der Waals surface area contributed by atoms with Crippen LogP contribution in [0.3, 0.4) is 0 Å². The van der Waals surface area contributed by atoms with Crippen molar-refractivity contribution in [1.29, 1.82) is 0 Å². The van der Waals surface area contributed by atoms with Crippen LogP contribution in [0.25, 0.3) is 0 Å². The quantitative estimate of drug-likeness (QED) is 0.647. The maximum atomic E-state index is 11.3. The first-order chi connectivity index (χ1) is 6.67. The van der Waals surface area contributed by atoms with Crippen LogP contribution in [0, 0.1) is 6.92 Å². The Kier molecular flexibility index (Phi) is 3.79. The van der Waals surface area contributed by atoms with Gasteiger partial charge in [0, 0.05) is 26.6 Å². The topological polar surface area (TPSA) is 53.4 Å². The lowest BCUT2D eigenvalue weighted by molar-refractivity contribution is -0.111. The van der Waals surface area contributed by atoms with E-state index in [1.807, 2.05) is 6.92 Å². The Balaban J connectivity index is 2.85. The summed E-state index contributed by atoms with van der Waals surface area (Å²) in [5.74, 6) is 0. The number of nitrogens with zero attached hydrogens (tertiary/aromatic N) is 2.